The van der Waals surface area contributed by atoms with Gasteiger partial charge in [0.1, 0.15) is 15.6 Å². The highest BCUT2D eigenvalue weighted by Crippen LogP contribution is 2.22. The van der Waals surface area contributed by atoms with E-state index in [1.807, 2.05) is 18.2 Å². The topological polar surface area (TPSA) is 74.2 Å². The van der Waals surface area contributed by atoms with Crippen LogP contribution < -0.4 is 15.0 Å². The van der Waals surface area contributed by atoms with Gasteiger partial charge in [0.25, 0.3) is 0 Å². The van der Waals surface area contributed by atoms with E-state index in [2.05, 4.69) is 26.2 Å². The lowest BCUT2D eigenvalue weighted by Gasteiger charge is -2.37. The van der Waals surface area contributed by atoms with Gasteiger partial charge in [-0.15, -0.1) is 0 Å². The van der Waals surface area contributed by atoms with Gasteiger partial charge in [0.2, 0.25) is 0 Å². The molecule has 1 aromatic carbocycles. The van der Waals surface area contributed by atoms with Crippen molar-refractivity contribution in [3.8, 4) is 5.75 Å². The first kappa shape index (κ1) is 18.4. The molecule has 1 heterocycles. The van der Waals surface area contributed by atoms with E-state index in [1.54, 1.807) is 14.2 Å². The summed E-state index contributed by atoms with van der Waals surface area (Å²) in [5.74, 6) is 1.72. The van der Waals surface area contributed by atoms with Crippen molar-refractivity contribution in [3.05, 3.63) is 24.3 Å². The van der Waals surface area contributed by atoms with Gasteiger partial charge in [-0.05, 0) is 12.1 Å². The van der Waals surface area contributed by atoms with E-state index in [0.717, 1.165) is 43.6 Å². The molecule has 0 unspecified atom stereocenters. The maximum atomic E-state index is 11.2. The van der Waals surface area contributed by atoms with Crippen molar-refractivity contribution in [2.45, 2.75) is 0 Å². The van der Waals surface area contributed by atoms with Crippen molar-refractivity contribution in [2.75, 3.05) is 63.8 Å². The number of nitrogens with zero attached hydrogens (tertiary/aromatic N) is 3. The summed E-state index contributed by atoms with van der Waals surface area (Å²) in [4.78, 5) is 8.71. The first-order valence-corrected chi connectivity index (χ1v) is 10.0. The van der Waals surface area contributed by atoms with E-state index >= 15 is 0 Å². The Labute approximate surface area is 144 Å². The summed E-state index contributed by atoms with van der Waals surface area (Å²) in [6.45, 7) is 3.78. The van der Waals surface area contributed by atoms with Crippen LogP contribution in [0.4, 0.5) is 5.69 Å². The minimum atomic E-state index is -2.97. The summed E-state index contributed by atoms with van der Waals surface area (Å²) in [5, 5.41) is 3.13. The molecule has 24 heavy (non-hydrogen) atoms. The van der Waals surface area contributed by atoms with Crippen LogP contribution in [0.5, 0.6) is 5.75 Å². The third-order valence-corrected chi connectivity index (χ3v) is 4.91. The smallest absolute Gasteiger partial charge is 0.193 e. The number of ether oxygens (including phenoxy) is 1. The number of rotatable bonds is 5. The lowest BCUT2D eigenvalue weighted by Crippen LogP contribution is -2.53. The van der Waals surface area contributed by atoms with E-state index in [-0.39, 0.29) is 5.75 Å². The van der Waals surface area contributed by atoms with Crippen LogP contribution in [0.1, 0.15) is 0 Å². The number of hydrogen-bond donors (Lipinski definition) is 1. The molecule has 1 aliphatic rings. The molecule has 0 saturated carbocycles. The highest BCUT2D eigenvalue weighted by atomic mass is 32.2. The van der Waals surface area contributed by atoms with Crippen molar-refractivity contribution in [1.82, 2.24) is 10.2 Å². The molecule has 2 rings (SSSR count). The molecule has 1 N–H and O–H groups in total. The Morgan fingerprint density at radius 2 is 2.00 bits per heavy atom. The van der Waals surface area contributed by atoms with Crippen molar-refractivity contribution < 1.29 is 13.2 Å². The van der Waals surface area contributed by atoms with Crippen LogP contribution in [0.2, 0.25) is 0 Å². The molecule has 0 aromatic heterocycles. The Bertz CT molecular complexity index is 668. The molecule has 1 fully saturated rings. The van der Waals surface area contributed by atoms with Gasteiger partial charge in [-0.2, -0.15) is 0 Å². The van der Waals surface area contributed by atoms with Gasteiger partial charge in [0.15, 0.2) is 5.96 Å². The fraction of sp³-hybridized carbons (Fsp3) is 0.562. The zero-order valence-electron chi connectivity index (χ0n) is 14.5. The number of piperazine rings is 1. The van der Waals surface area contributed by atoms with Crippen LogP contribution >= 0.6 is 0 Å². The minimum absolute atomic E-state index is 0.107. The van der Waals surface area contributed by atoms with Crippen LogP contribution in [0, 0.1) is 0 Å². The van der Waals surface area contributed by atoms with Crippen molar-refractivity contribution in [2.24, 2.45) is 4.99 Å². The second kappa shape index (κ2) is 8.23. The van der Waals surface area contributed by atoms with Gasteiger partial charge in [0.05, 0.1) is 12.9 Å². The van der Waals surface area contributed by atoms with E-state index in [9.17, 15) is 8.42 Å². The molecule has 1 aliphatic heterocycles. The predicted molar refractivity (Wildman–Crippen MR) is 97.9 cm³/mol. The molecule has 0 aliphatic carbocycles. The minimum Gasteiger partial charge on any atom is -0.497 e. The van der Waals surface area contributed by atoms with Gasteiger partial charge in [-0.3, -0.25) is 4.99 Å². The highest BCUT2D eigenvalue weighted by molar-refractivity contribution is 7.90. The third-order valence-electron chi connectivity index (χ3n) is 3.97. The number of benzene rings is 1. The lowest BCUT2D eigenvalue weighted by molar-refractivity contribution is 0.373. The molecule has 0 radical (unpaired) electrons. The van der Waals surface area contributed by atoms with E-state index < -0.39 is 9.84 Å². The zero-order chi connectivity index (χ0) is 17.6. The van der Waals surface area contributed by atoms with Gasteiger partial charge in [-0.25, -0.2) is 8.42 Å². The van der Waals surface area contributed by atoms with Crippen LogP contribution in [0.15, 0.2) is 29.3 Å². The van der Waals surface area contributed by atoms with E-state index in [0.29, 0.717) is 6.54 Å². The van der Waals surface area contributed by atoms with Crippen LogP contribution in [-0.4, -0.2) is 78.2 Å². The molecule has 0 spiro atoms. The fourth-order valence-corrected chi connectivity index (χ4v) is 3.14. The molecule has 1 saturated heterocycles. The Balaban J connectivity index is 1.88. The molecule has 0 bridgehead atoms. The molecule has 8 heteroatoms. The second-order valence-corrected chi connectivity index (χ2v) is 8.04. The van der Waals surface area contributed by atoms with Crippen molar-refractivity contribution >= 4 is 21.5 Å². The summed E-state index contributed by atoms with van der Waals surface area (Å²) in [6, 6.07) is 8.05. The fourth-order valence-electron chi connectivity index (χ4n) is 2.66. The summed E-state index contributed by atoms with van der Waals surface area (Å²) < 4.78 is 27.7. The van der Waals surface area contributed by atoms with E-state index in [4.69, 9.17) is 4.74 Å². The zero-order valence-corrected chi connectivity index (χ0v) is 15.3. The predicted octanol–water partition coefficient (Wildman–Crippen LogP) is 0.437. The summed E-state index contributed by atoms with van der Waals surface area (Å²) in [6.07, 6.45) is 1.24. The van der Waals surface area contributed by atoms with Gasteiger partial charge in [0, 0.05) is 57.8 Å². The largest absolute Gasteiger partial charge is 0.497 e. The second-order valence-electron chi connectivity index (χ2n) is 5.78. The standard InChI is InChI=1S/C16H26N4O3S/c1-17-16(18-7-12-24(3,21)22)20-10-8-19(9-11-20)14-5-4-6-15(13-14)23-2/h4-6,13H,7-12H2,1-3H3,(H,17,18). The van der Waals surface area contributed by atoms with Crippen LogP contribution in [-0.2, 0) is 9.84 Å². The summed E-state index contributed by atoms with van der Waals surface area (Å²) in [7, 11) is 0.423. The first-order chi connectivity index (χ1) is 11.4. The number of anilines is 1. The Morgan fingerprint density at radius 1 is 1.29 bits per heavy atom. The van der Waals surface area contributed by atoms with Crippen LogP contribution in [0.3, 0.4) is 0 Å². The molecular formula is C16H26N4O3S. The molecule has 7 nitrogen and oxygen atoms in total. The monoisotopic (exact) mass is 354 g/mol. The summed E-state index contributed by atoms with van der Waals surface area (Å²) >= 11 is 0. The maximum absolute atomic E-state index is 11.2. The highest BCUT2D eigenvalue weighted by Gasteiger charge is 2.20. The maximum Gasteiger partial charge on any atom is 0.193 e. The van der Waals surface area contributed by atoms with Gasteiger partial charge < -0.3 is 19.9 Å². The van der Waals surface area contributed by atoms with E-state index in [1.165, 1.54) is 6.26 Å². The van der Waals surface area contributed by atoms with Crippen molar-refractivity contribution in [3.63, 3.8) is 0 Å². The number of aliphatic imine (C=N–C) groups is 1. The van der Waals surface area contributed by atoms with Crippen molar-refractivity contribution in [1.29, 1.82) is 0 Å². The quantitative estimate of drug-likeness (QED) is 0.611. The number of hydrogen-bond acceptors (Lipinski definition) is 5. The number of sulfone groups is 1. The molecule has 134 valence electrons. The lowest BCUT2D eigenvalue weighted by atomic mass is 10.2. The number of guanidine groups is 1. The summed E-state index contributed by atoms with van der Waals surface area (Å²) in [5.41, 5.74) is 1.15. The molecule has 0 atom stereocenters. The first-order valence-electron chi connectivity index (χ1n) is 7.95. The Morgan fingerprint density at radius 3 is 2.58 bits per heavy atom. The number of nitrogens with one attached hydrogen (secondary N) is 1. The van der Waals surface area contributed by atoms with Crippen LogP contribution in [0.25, 0.3) is 0 Å². The van der Waals surface area contributed by atoms with Gasteiger partial charge in [-0.1, -0.05) is 6.07 Å². The SMILES string of the molecule is CN=C(NCCS(C)(=O)=O)N1CCN(c2cccc(OC)c2)CC1. The number of methoxy groups -OCH3 is 1. The average molecular weight is 354 g/mol. The molecule has 0 amide bonds. The molecule has 1 aromatic rings. The molecular weight excluding hydrogens is 328 g/mol. The average Bonchev–Trinajstić information content (AvgIpc) is 2.58. The third kappa shape index (κ3) is 5.30. The Hall–Kier alpha value is -1.96. The van der Waals surface area contributed by atoms with Gasteiger partial charge >= 0.3 is 0 Å². The Kier molecular flexibility index (Phi) is 6.30. The normalized spacial score (nSPS) is 16.2.